The van der Waals surface area contributed by atoms with Gasteiger partial charge in [-0.1, -0.05) is 24.3 Å². The molecule has 0 bridgehead atoms. The molecule has 1 aliphatic heterocycles. The Kier molecular flexibility index (Phi) is 3.76. The summed E-state index contributed by atoms with van der Waals surface area (Å²) in [5, 5.41) is 8.73. The van der Waals surface area contributed by atoms with E-state index in [1.165, 1.54) is 11.1 Å². The van der Waals surface area contributed by atoms with Gasteiger partial charge in [-0.2, -0.15) is 0 Å². The van der Waals surface area contributed by atoms with E-state index in [1.54, 1.807) is 0 Å². The minimum atomic E-state index is -0.914. The molecule has 0 spiro atoms. The summed E-state index contributed by atoms with van der Waals surface area (Å²) in [6.07, 6.45) is 1.55. The molecule has 1 atom stereocenters. The molecule has 17 heavy (non-hydrogen) atoms. The van der Waals surface area contributed by atoms with Crippen molar-refractivity contribution in [2.75, 3.05) is 13.1 Å². The number of hydrogen-bond acceptors (Lipinski definition) is 3. The first-order valence-electron chi connectivity index (χ1n) is 5.94. The Bertz CT molecular complexity index is 406. The second-order valence-corrected chi connectivity index (χ2v) is 4.53. The lowest BCUT2D eigenvalue weighted by Gasteiger charge is -2.29. The molecule has 0 aliphatic carbocycles. The fourth-order valence-corrected chi connectivity index (χ4v) is 2.19. The number of fused-ring (bicyclic) bond motifs is 1. The van der Waals surface area contributed by atoms with E-state index >= 15 is 0 Å². The summed E-state index contributed by atoms with van der Waals surface area (Å²) in [6.45, 7) is 2.65. The lowest BCUT2D eigenvalue weighted by atomic mass is 9.99. The highest BCUT2D eigenvalue weighted by Crippen LogP contribution is 2.18. The Labute approximate surface area is 101 Å². The third kappa shape index (κ3) is 3.05. The van der Waals surface area contributed by atoms with Crippen molar-refractivity contribution < 1.29 is 9.90 Å². The van der Waals surface area contributed by atoms with Crippen LogP contribution in [0.1, 0.15) is 17.5 Å². The van der Waals surface area contributed by atoms with Crippen LogP contribution in [0.5, 0.6) is 0 Å². The topological polar surface area (TPSA) is 66.6 Å². The van der Waals surface area contributed by atoms with Gasteiger partial charge in [0.2, 0.25) is 0 Å². The molecule has 3 N–H and O–H groups in total. The van der Waals surface area contributed by atoms with Crippen molar-refractivity contribution in [3.8, 4) is 0 Å². The zero-order chi connectivity index (χ0) is 12.3. The van der Waals surface area contributed by atoms with Crippen LogP contribution in [0.15, 0.2) is 24.3 Å². The summed E-state index contributed by atoms with van der Waals surface area (Å²) in [7, 11) is 0. The Morgan fingerprint density at radius 2 is 2.12 bits per heavy atom. The Morgan fingerprint density at radius 3 is 2.82 bits per heavy atom. The largest absolute Gasteiger partial charge is 0.480 e. The number of benzene rings is 1. The van der Waals surface area contributed by atoms with Gasteiger partial charge in [0.25, 0.3) is 0 Å². The second kappa shape index (κ2) is 5.29. The molecule has 1 aliphatic rings. The van der Waals surface area contributed by atoms with E-state index in [1.807, 2.05) is 6.07 Å². The normalized spacial score (nSPS) is 17.5. The summed E-state index contributed by atoms with van der Waals surface area (Å²) in [5.41, 5.74) is 8.26. The van der Waals surface area contributed by atoms with Crippen molar-refractivity contribution in [3.05, 3.63) is 35.4 Å². The number of carbonyl (C=O) groups is 1. The van der Waals surface area contributed by atoms with Gasteiger partial charge < -0.3 is 10.8 Å². The van der Waals surface area contributed by atoms with Crippen LogP contribution < -0.4 is 5.73 Å². The molecule has 0 amide bonds. The van der Waals surface area contributed by atoms with Crippen molar-refractivity contribution >= 4 is 5.97 Å². The third-order valence-corrected chi connectivity index (χ3v) is 3.28. The highest BCUT2D eigenvalue weighted by molar-refractivity contribution is 5.72. The molecule has 0 saturated heterocycles. The van der Waals surface area contributed by atoms with Crippen molar-refractivity contribution in [3.63, 3.8) is 0 Å². The molecule has 0 aromatic heterocycles. The van der Waals surface area contributed by atoms with Crippen LogP contribution >= 0.6 is 0 Å². The maximum absolute atomic E-state index is 10.6. The van der Waals surface area contributed by atoms with Gasteiger partial charge in [-0.15, -0.1) is 0 Å². The Morgan fingerprint density at radius 1 is 1.41 bits per heavy atom. The molecule has 1 unspecified atom stereocenters. The van der Waals surface area contributed by atoms with Crippen molar-refractivity contribution in [2.24, 2.45) is 5.73 Å². The average molecular weight is 234 g/mol. The zero-order valence-corrected chi connectivity index (χ0v) is 9.80. The van der Waals surface area contributed by atoms with Gasteiger partial charge in [-0.3, -0.25) is 9.69 Å². The quantitative estimate of drug-likeness (QED) is 0.810. The van der Waals surface area contributed by atoms with Crippen LogP contribution in [0.25, 0.3) is 0 Å². The van der Waals surface area contributed by atoms with Crippen LogP contribution in [0.3, 0.4) is 0 Å². The summed E-state index contributed by atoms with van der Waals surface area (Å²) in [4.78, 5) is 12.9. The first-order chi connectivity index (χ1) is 8.16. The highest BCUT2D eigenvalue weighted by Gasteiger charge is 2.18. The van der Waals surface area contributed by atoms with E-state index in [4.69, 9.17) is 10.8 Å². The number of carboxylic acids is 1. The van der Waals surface area contributed by atoms with E-state index in [2.05, 4.69) is 23.1 Å². The van der Waals surface area contributed by atoms with Gasteiger partial charge in [-0.25, -0.2) is 0 Å². The Hall–Kier alpha value is -1.39. The fourth-order valence-electron chi connectivity index (χ4n) is 2.19. The van der Waals surface area contributed by atoms with E-state index in [9.17, 15) is 4.79 Å². The van der Waals surface area contributed by atoms with Gasteiger partial charge in [0, 0.05) is 19.6 Å². The van der Waals surface area contributed by atoms with E-state index in [0.29, 0.717) is 6.42 Å². The van der Waals surface area contributed by atoms with Crippen LogP contribution in [0, 0.1) is 0 Å². The monoisotopic (exact) mass is 234 g/mol. The Balaban J connectivity index is 1.88. The molecule has 4 heteroatoms. The summed E-state index contributed by atoms with van der Waals surface area (Å²) < 4.78 is 0. The average Bonchev–Trinajstić information content (AvgIpc) is 2.35. The summed E-state index contributed by atoms with van der Waals surface area (Å²) in [6, 6.07) is 7.67. The molecule has 0 saturated carbocycles. The second-order valence-electron chi connectivity index (χ2n) is 4.53. The molecule has 1 heterocycles. The van der Waals surface area contributed by atoms with E-state index in [0.717, 1.165) is 26.1 Å². The zero-order valence-electron chi connectivity index (χ0n) is 9.80. The van der Waals surface area contributed by atoms with Crippen LogP contribution in [0.2, 0.25) is 0 Å². The van der Waals surface area contributed by atoms with Crippen LogP contribution in [0.4, 0.5) is 0 Å². The summed E-state index contributed by atoms with van der Waals surface area (Å²) in [5.74, 6) is -0.914. The molecule has 0 radical (unpaired) electrons. The minimum absolute atomic E-state index is 0.511. The van der Waals surface area contributed by atoms with E-state index in [-0.39, 0.29) is 0 Å². The molecule has 1 aromatic rings. The minimum Gasteiger partial charge on any atom is -0.480 e. The van der Waals surface area contributed by atoms with Crippen molar-refractivity contribution in [1.29, 1.82) is 0 Å². The molecule has 2 rings (SSSR count). The van der Waals surface area contributed by atoms with Gasteiger partial charge >= 0.3 is 5.97 Å². The molecule has 0 fully saturated rings. The summed E-state index contributed by atoms with van der Waals surface area (Å²) >= 11 is 0. The third-order valence-electron chi connectivity index (χ3n) is 3.28. The number of hydrogen-bond donors (Lipinski definition) is 2. The molecule has 92 valence electrons. The standard InChI is InChI=1S/C13H18N2O2/c14-12(13(16)17)6-8-15-7-5-10-3-1-2-4-11(10)9-15/h1-4,12H,5-9,14H2,(H,16,17). The highest BCUT2D eigenvalue weighted by atomic mass is 16.4. The first kappa shape index (κ1) is 12.1. The molecule has 4 nitrogen and oxygen atoms in total. The van der Waals surface area contributed by atoms with Crippen molar-refractivity contribution in [1.82, 2.24) is 4.90 Å². The fraction of sp³-hybridized carbons (Fsp3) is 0.462. The van der Waals surface area contributed by atoms with Gasteiger partial charge in [0.05, 0.1) is 0 Å². The first-order valence-corrected chi connectivity index (χ1v) is 5.94. The van der Waals surface area contributed by atoms with Crippen molar-refractivity contribution in [2.45, 2.75) is 25.4 Å². The van der Waals surface area contributed by atoms with Gasteiger partial charge in [0.1, 0.15) is 6.04 Å². The van der Waals surface area contributed by atoms with E-state index < -0.39 is 12.0 Å². The number of aliphatic carboxylic acids is 1. The molecular formula is C13H18N2O2. The molecular weight excluding hydrogens is 216 g/mol. The maximum atomic E-state index is 10.6. The van der Waals surface area contributed by atoms with Gasteiger partial charge in [-0.05, 0) is 24.0 Å². The number of nitrogens with zero attached hydrogens (tertiary/aromatic N) is 1. The predicted molar refractivity (Wildman–Crippen MR) is 65.7 cm³/mol. The lowest BCUT2D eigenvalue weighted by molar-refractivity contribution is -0.138. The molecule has 1 aromatic carbocycles. The number of nitrogens with two attached hydrogens (primary N) is 1. The van der Waals surface area contributed by atoms with Crippen LogP contribution in [-0.4, -0.2) is 35.1 Å². The predicted octanol–water partition coefficient (Wildman–Crippen LogP) is 0.847. The van der Waals surface area contributed by atoms with Gasteiger partial charge in [0.15, 0.2) is 0 Å². The number of carboxylic acid groups (broad SMARTS) is 1. The SMILES string of the molecule is NC(CCN1CCc2ccccc2C1)C(=O)O. The van der Waals surface area contributed by atoms with Crippen LogP contribution in [-0.2, 0) is 17.8 Å². The number of rotatable bonds is 4. The maximum Gasteiger partial charge on any atom is 0.320 e. The smallest absolute Gasteiger partial charge is 0.320 e. The lowest BCUT2D eigenvalue weighted by Crippen LogP contribution is -2.37.